The van der Waals surface area contributed by atoms with E-state index < -0.39 is 6.10 Å². The molecule has 2 N–H and O–H groups in total. The minimum atomic E-state index is -0.920. The van der Waals surface area contributed by atoms with Gasteiger partial charge in [0.25, 0.3) is 0 Å². The van der Waals surface area contributed by atoms with Crippen molar-refractivity contribution in [3.63, 3.8) is 0 Å². The molecule has 0 saturated carbocycles. The largest absolute Gasteiger partial charge is 0.467 e. The molecule has 0 radical (unpaired) electrons. The highest BCUT2D eigenvalue weighted by atomic mass is 16.5. The van der Waals surface area contributed by atoms with Gasteiger partial charge in [0.15, 0.2) is 0 Å². The van der Waals surface area contributed by atoms with Gasteiger partial charge in [-0.2, -0.15) is 0 Å². The first-order valence-electron chi connectivity index (χ1n) is 3.42. The summed E-state index contributed by atoms with van der Waals surface area (Å²) in [6, 6.07) is 0.240. The van der Waals surface area contributed by atoms with Gasteiger partial charge in [0.1, 0.15) is 6.10 Å². The normalized spacial score (nSPS) is 12.6. The lowest BCUT2D eigenvalue weighted by atomic mass is 10.2. The van der Waals surface area contributed by atoms with Crippen LogP contribution in [0.2, 0.25) is 0 Å². The van der Waals surface area contributed by atoms with E-state index in [9.17, 15) is 0 Å². The number of aliphatic hydroxyl groups excluding tert-OH is 2. The van der Waals surface area contributed by atoms with E-state index in [0.29, 0.717) is 5.56 Å². The third kappa shape index (κ3) is 1.90. The van der Waals surface area contributed by atoms with Gasteiger partial charge in [-0.15, -0.1) is 0 Å². The van der Waals surface area contributed by atoms with Crippen molar-refractivity contribution in [2.75, 3.05) is 13.7 Å². The van der Waals surface area contributed by atoms with E-state index in [-0.39, 0.29) is 12.6 Å². The van der Waals surface area contributed by atoms with E-state index >= 15 is 0 Å². The van der Waals surface area contributed by atoms with Gasteiger partial charge in [0.2, 0.25) is 0 Å². The molecule has 5 nitrogen and oxygen atoms in total. The summed E-state index contributed by atoms with van der Waals surface area (Å²) in [6.45, 7) is -0.338. The van der Waals surface area contributed by atoms with Crippen LogP contribution in [0.4, 0.5) is 0 Å². The molecular formula is C7H10N2O3. The predicted octanol–water partition coefficient (Wildman–Crippen LogP) is -0.489. The summed E-state index contributed by atoms with van der Waals surface area (Å²) in [5.74, 6) is 0. The molecule has 0 bridgehead atoms. The van der Waals surface area contributed by atoms with Crippen LogP contribution in [0.5, 0.6) is 6.01 Å². The molecule has 1 heterocycles. The van der Waals surface area contributed by atoms with Gasteiger partial charge < -0.3 is 14.9 Å². The van der Waals surface area contributed by atoms with Crippen LogP contribution in [0.25, 0.3) is 0 Å². The molecule has 12 heavy (non-hydrogen) atoms. The van der Waals surface area contributed by atoms with E-state index in [1.54, 1.807) is 0 Å². The first-order chi connectivity index (χ1) is 5.77. The number of aromatic nitrogens is 2. The second-order valence-electron chi connectivity index (χ2n) is 2.20. The smallest absolute Gasteiger partial charge is 0.316 e. The van der Waals surface area contributed by atoms with Crippen LogP contribution in [0.1, 0.15) is 11.7 Å². The number of hydrogen-bond acceptors (Lipinski definition) is 5. The molecule has 66 valence electrons. The molecule has 0 aromatic carbocycles. The Morgan fingerprint density at radius 3 is 2.50 bits per heavy atom. The maximum atomic E-state index is 9.12. The number of aliphatic hydroxyl groups is 2. The standard InChI is InChI=1S/C7H10N2O3/c1-12-7-8-2-5(3-9-7)6(11)4-10/h2-3,6,10-11H,4H2,1H3. The molecular weight excluding hydrogens is 160 g/mol. The van der Waals surface area contributed by atoms with Crippen LogP contribution in [-0.4, -0.2) is 33.9 Å². The van der Waals surface area contributed by atoms with Gasteiger partial charge in [-0.1, -0.05) is 0 Å². The quantitative estimate of drug-likeness (QED) is 0.640. The van der Waals surface area contributed by atoms with E-state index in [1.165, 1.54) is 19.5 Å². The lowest BCUT2D eigenvalue weighted by molar-refractivity contribution is 0.0949. The van der Waals surface area contributed by atoms with Crippen molar-refractivity contribution in [2.24, 2.45) is 0 Å². The first-order valence-corrected chi connectivity index (χ1v) is 3.42. The summed E-state index contributed by atoms with van der Waals surface area (Å²) in [6.07, 6.45) is 1.90. The molecule has 0 aliphatic heterocycles. The maximum Gasteiger partial charge on any atom is 0.316 e. The van der Waals surface area contributed by atoms with Gasteiger partial charge in [-0.3, -0.25) is 0 Å². The van der Waals surface area contributed by atoms with Crippen molar-refractivity contribution in [3.8, 4) is 6.01 Å². The van der Waals surface area contributed by atoms with Crippen molar-refractivity contribution in [1.29, 1.82) is 0 Å². The third-order valence-corrected chi connectivity index (χ3v) is 1.39. The van der Waals surface area contributed by atoms with Crippen LogP contribution < -0.4 is 4.74 Å². The average molecular weight is 170 g/mol. The zero-order valence-electron chi connectivity index (χ0n) is 6.64. The lowest BCUT2D eigenvalue weighted by Crippen LogP contribution is -2.04. The Bertz CT molecular complexity index is 237. The molecule has 0 amide bonds. The molecule has 1 unspecified atom stereocenters. The van der Waals surface area contributed by atoms with Gasteiger partial charge in [-0.25, -0.2) is 9.97 Å². The maximum absolute atomic E-state index is 9.12. The molecule has 1 atom stereocenters. The summed E-state index contributed by atoms with van der Waals surface area (Å²) < 4.78 is 4.72. The summed E-state index contributed by atoms with van der Waals surface area (Å²) in [5, 5.41) is 17.7. The predicted molar refractivity (Wildman–Crippen MR) is 40.6 cm³/mol. The van der Waals surface area contributed by atoms with E-state index in [2.05, 4.69) is 9.97 Å². The zero-order valence-corrected chi connectivity index (χ0v) is 6.64. The van der Waals surface area contributed by atoms with E-state index in [4.69, 9.17) is 14.9 Å². The van der Waals surface area contributed by atoms with Gasteiger partial charge in [0.05, 0.1) is 13.7 Å². The highest BCUT2D eigenvalue weighted by Gasteiger charge is 2.06. The minimum Gasteiger partial charge on any atom is -0.467 e. The summed E-state index contributed by atoms with van der Waals surface area (Å²) >= 11 is 0. The Balaban J connectivity index is 2.77. The molecule has 5 heteroatoms. The highest BCUT2D eigenvalue weighted by molar-refractivity contribution is 5.10. The molecule has 0 spiro atoms. The van der Waals surface area contributed by atoms with Crippen molar-refractivity contribution in [3.05, 3.63) is 18.0 Å². The Hall–Kier alpha value is -1.20. The molecule has 0 saturated heterocycles. The third-order valence-electron chi connectivity index (χ3n) is 1.39. The number of rotatable bonds is 3. The van der Waals surface area contributed by atoms with Crippen molar-refractivity contribution in [2.45, 2.75) is 6.10 Å². The van der Waals surface area contributed by atoms with Crippen LogP contribution in [-0.2, 0) is 0 Å². The fraction of sp³-hybridized carbons (Fsp3) is 0.429. The van der Waals surface area contributed by atoms with Crippen molar-refractivity contribution in [1.82, 2.24) is 9.97 Å². The topological polar surface area (TPSA) is 75.5 Å². The minimum absolute atomic E-state index is 0.240. The van der Waals surface area contributed by atoms with Crippen LogP contribution in [0.3, 0.4) is 0 Å². The van der Waals surface area contributed by atoms with Crippen molar-refractivity contribution < 1.29 is 14.9 Å². The number of ether oxygens (including phenoxy) is 1. The average Bonchev–Trinajstić information content (AvgIpc) is 2.17. The van der Waals surface area contributed by atoms with E-state index in [0.717, 1.165) is 0 Å². The summed E-state index contributed by atoms with van der Waals surface area (Å²) in [7, 11) is 1.46. The molecule has 0 aliphatic carbocycles. The Morgan fingerprint density at radius 1 is 1.50 bits per heavy atom. The lowest BCUT2D eigenvalue weighted by Gasteiger charge is -2.05. The fourth-order valence-electron chi connectivity index (χ4n) is 0.709. The second-order valence-corrected chi connectivity index (χ2v) is 2.20. The van der Waals surface area contributed by atoms with Crippen LogP contribution in [0, 0.1) is 0 Å². The Kier molecular flexibility index (Phi) is 2.95. The second kappa shape index (κ2) is 3.99. The Morgan fingerprint density at radius 2 is 2.08 bits per heavy atom. The first kappa shape index (κ1) is 8.89. The molecule has 1 rings (SSSR count). The SMILES string of the molecule is COc1ncc(C(O)CO)cn1. The highest BCUT2D eigenvalue weighted by Crippen LogP contribution is 2.10. The summed E-state index contributed by atoms with van der Waals surface area (Å²) in [5.41, 5.74) is 0.471. The van der Waals surface area contributed by atoms with Gasteiger partial charge in [-0.05, 0) is 0 Å². The molecule has 0 fully saturated rings. The van der Waals surface area contributed by atoms with Crippen LogP contribution in [0.15, 0.2) is 12.4 Å². The molecule has 1 aromatic rings. The fourth-order valence-corrected chi connectivity index (χ4v) is 0.709. The molecule has 0 aliphatic rings. The van der Waals surface area contributed by atoms with Gasteiger partial charge in [0, 0.05) is 18.0 Å². The monoisotopic (exact) mass is 170 g/mol. The van der Waals surface area contributed by atoms with Gasteiger partial charge >= 0.3 is 6.01 Å². The van der Waals surface area contributed by atoms with E-state index in [1.807, 2.05) is 0 Å². The van der Waals surface area contributed by atoms with Crippen LogP contribution >= 0.6 is 0 Å². The summed E-state index contributed by atoms with van der Waals surface area (Å²) in [4.78, 5) is 7.52. The zero-order chi connectivity index (χ0) is 8.97. The van der Waals surface area contributed by atoms with Crippen molar-refractivity contribution >= 4 is 0 Å². The number of nitrogens with zero attached hydrogens (tertiary/aromatic N) is 2. The Labute approximate surface area is 69.7 Å². The molecule has 1 aromatic heterocycles. The number of methoxy groups -OCH3 is 1. The number of hydrogen-bond donors (Lipinski definition) is 2.